The van der Waals surface area contributed by atoms with Crippen LogP contribution in [0.15, 0.2) is 36.7 Å². The molecule has 0 aliphatic rings. The molecule has 0 saturated carbocycles. The van der Waals surface area contributed by atoms with Crippen molar-refractivity contribution in [3.05, 3.63) is 36.7 Å². The fraction of sp³-hybridized carbons (Fsp3) is 0.278. The Morgan fingerprint density at radius 3 is 2.54 bits per heavy atom. The number of nitrogens with two attached hydrogens (primary N) is 1. The molecular weight excluding hydrogens is 362 g/mol. The van der Waals surface area contributed by atoms with Crippen LogP contribution in [-0.4, -0.2) is 41.3 Å². The molecule has 2 rings (SSSR count). The second-order valence-corrected chi connectivity index (χ2v) is 5.93. The van der Waals surface area contributed by atoms with Gasteiger partial charge in [0.25, 0.3) is 0 Å². The van der Waals surface area contributed by atoms with Crippen LogP contribution < -0.4 is 27.0 Å². The van der Waals surface area contributed by atoms with Gasteiger partial charge in [0.1, 0.15) is 0 Å². The number of nitrogens with zero attached hydrogens (tertiary/aromatic N) is 2. The summed E-state index contributed by atoms with van der Waals surface area (Å²) in [5, 5.41) is 10.8. The standard InChI is InChI=1S/C18H23N7O3/c19-16(6-1-2-7-20-11-26)17(28)24-13-4-3-5-14(8-13)25-18-21-9-15(10-22-18)23-12-27/h3-5,8-12,16H,1-2,6-7,19H2,(H,20,26)(H,23,27)(H,24,28)(H,21,22,25)/t16-/m0/s1. The lowest BCUT2D eigenvalue weighted by atomic mass is 10.1. The van der Waals surface area contributed by atoms with Crippen LogP contribution >= 0.6 is 0 Å². The van der Waals surface area contributed by atoms with Crippen molar-refractivity contribution in [2.75, 3.05) is 22.5 Å². The molecule has 2 aromatic rings. The Hall–Kier alpha value is -3.53. The Labute approximate surface area is 162 Å². The molecule has 0 fully saturated rings. The lowest BCUT2D eigenvalue weighted by Gasteiger charge is -2.13. The first kappa shape index (κ1) is 20.8. The van der Waals surface area contributed by atoms with Crippen LogP contribution in [0, 0.1) is 0 Å². The van der Waals surface area contributed by atoms with Crippen molar-refractivity contribution in [1.82, 2.24) is 15.3 Å². The van der Waals surface area contributed by atoms with Crippen molar-refractivity contribution in [1.29, 1.82) is 0 Å². The molecule has 0 unspecified atom stereocenters. The van der Waals surface area contributed by atoms with E-state index in [9.17, 15) is 14.4 Å². The molecule has 0 spiro atoms. The van der Waals surface area contributed by atoms with E-state index in [0.717, 1.165) is 12.8 Å². The Bertz CT molecular complexity index is 783. The maximum atomic E-state index is 12.2. The highest BCUT2D eigenvalue weighted by molar-refractivity contribution is 5.95. The van der Waals surface area contributed by atoms with E-state index >= 15 is 0 Å². The van der Waals surface area contributed by atoms with E-state index in [2.05, 4.69) is 31.2 Å². The van der Waals surface area contributed by atoms with Gasteiger partial charge in [0.15, 0.2) is 0 Å². The summed E-state index contributed by atoms with van der Waals surface area (Å²) < 4.78 is 0. The van der Waals surface area contributed by atoms with E-state index in [0.29, 0.717) is 48.8 Å². The van der Waals surface area contributed by atoms with Gasteiger partial charge in [0.05, 0.1) is 24.1 Å². The van der Waals surface area contributed by atoms with Crippen LogP contribution in [0.25, 0.3) is 0 Å². The third kappa shape index (κ3) is 7.00. The Balaban J connectivity index is 1.86. The van der Waals surface area contributed by atoms with Crippen LogP contribution in [0.3, 0.4) is 0 Å². The first-order chi connectivity index (χ1) is 13.6. The minimum absolute atomic E-state index is 0.277. The summed E-state index contributed by atoms with van der Waals surface area (Å²) in [4.78, 5) is 40.9. The maximum absolute atomic E-state index is 12.2. The van der Waals surface area contributed by atoms with Gasteiger partial charge in [-0.2, -0.15) is 0 Å². The quantitative estimate of drug-likeness (QED) is 0.270. The van der Waals surface area contributed by atoms with Crippen LogP contribution in [0.1, 0.15) is 19.3 Å². The number of anilines is 4. The summed E-state index contributed by atoms with van der Waals surface area (Å²) in [6, 6.07) is 6.43. The molecule has 1 atom stereocenters. The van der Waals surface area contributed by atoms with Crippen molar-refractivity contribution in [3.8, 4) is 0 Å². The Kier molecular flexibility index (Phi) is 8.34. The minimum atomic E-state index is -0.631. The van der Waals surface area contributed by atoms with Crippen molar-refractivity contribution in [2.45, 2.75) is 25.3 Å². The number of rotatable bonds is 12. The normalized spacial score (nSPS) is 11.2. The largest absolute Gasteiger partial charge is 0.359 e. The summed E-state index contributed by atoms with van der Waals surface area (Å²) in [6.45, 7) is 0.569. The molecule has 10 nitrogen and oxygen atoms in total. The molecule has 1 aromatic carbocycles. The average molecular weight is 385 g/mol. The zero-order chi connectivity index (χ0) is 20.2. The molecule has 1 heterocycles. The van der Waals surface area contributed by atoms with Gasteiger partial charge < -0.3 is 27.0 Å². The molecule has 0 aliphatic carbocycles. The lowest BCUT2D eigenvalue weighted by Crippen LogP contribution is -2.35. The van der Waals surface area contributed by atoms with Crippen molar-refractivity contribution in [2.24, 2.45) is 5.73 Å². The molecular formula is C18H23N7O3. The van der Waals surface area contributed by atoms with Gasteiger partial charge in [-0.3, -0.25) is 14.4 Å². The molecule has 148 valence electrons. The number of benzene rings is 1. The van der Waals surface area contributed by atoms with Crippen LogP contribution in [0.5, 0.6) is 0 Å². The number of hydrogen-bond donors (Lipinski definition) is 5. The topological polar surface area (TPSA) is 151 Å². The zero-order valence-corrected chi connectivity index (χ0v) is 15.2. The molecule has 10 heteroatoms. The van der Waals surface area contributed by atoms with Crippen LogP contribution in [0.4, 0.5) is 23.0 Å². The number of aromatic nitrogens is 2. The summed E-state index contributed by atoms with van der Waals surface area (Å²) >= 11 is 0. The fourth-order valence-electron chi connectivity index (χ4n) is 2.36. The SMILES string of the molecule is N[C@@H](CCCCNC=O)C(=O)Nc1cccc(Nc2ncc(NC=O)cn2)c1. The lowest BCUT2D eigenvalue weighted by molar-refractivity contribution is -0.117. The number of amides is 3. The van der Waals surface area contributed by atoms with Gasteiger partial charge >= 0.3 is 0 Å². The molecule has 1 aromatic heterocycles. The molecule has 3 amide bonds. The second kappa shape index (κ2) is 11.2. The van der Waals surface area contributed by atoms with Crippen LogP contribution in [0.2, 0.25) is 0 Å². The monoisotopic (exact) mass is 385 g/mol. The molecule has 28 heavy (non-hydrogen) atoms. The van der Waals surface area contributed by atoms with E-state index in [1.54, 1.807) is 24.3 Å². The number of unbranched alkanes of at least 4 members (excludes halogenated alkanes) is 1. The average Bonchev–Trinajstić information content (AvgIpc) is 2.69. The number of nitrogens with one attached hydrogen (secondary N) is 4. The smallest absolute Gasteiger partial charge is 0.241 e. The maximum Gasteiger partial charge on any atom is 0.241 e. The van der Waals surface area contributed by atoms with Gasteiger partial charge in [0, 0.05) is 17.9 Å². The van der Waals surface area contributed by atoms with E-state index in [-0.39, 0.29) is 5.91 Å². The Morgan fingerprint density at radius 1 is 1.07 bits per heavy atom. The predicted molar refractivity (Wildman–Crippen MR) is 106 cm³/mol. The number of carbonyl (C=O) groups excluding carboxylic acids is 3. The summed E-state index contributed by atoms with van der Waals surface area (Å²) in [5.41, 5.74) is 7.67. The van der Waals surface area contributed by atoms with Crippen molar-refractivity contribution in [3.63, 3.8) is 0 Å². The molecule has 0 saturated heterocycles. The van der Waals surface area contributed by atoms with Crippen LogP contribution in [-0.2, 0) is 14.4 Å². The first-order valence-corrected chi connectivity index (χ1v) is 8.75. The van der Waals surface area contributed by atoms with E-state index in [1.165, 1.54) is 12.4 Å². The van der Waals surface area contributed by atoms with Gasteiger partial charge in [-0.25, -0.2) is 9.97 Å². The van der Waals surface area contributed by atoms with Gasteiger partial charge in [0.2, 0.25) is 24.7 Å². The zero-order valence-electron chi connectivity index (χ0n) is 15.2. The summed E-state index contributed by atoms with van der Waals surface area (Å²) in [6.07, 6.45) is 6.17. The molecule has 6 N–H and O–H groups in total. The number of carbonyl (C=O) groups is 3. The minimum Gasteiger partial charge on any atom is -0.359 e. The van der Waals surface area contributed by atoms with Crippen molar-refractivity contribution >= 4 is 41.7 Å². The molecule has 0 bridgehead atoms. The molecule has 0 aliphatic heterocycles. The summed E-state index contributed by atoms with van der Waals surface area (Å²) in [7, 11) is 0. The van der Waals surface area contributed by atoms with Gasteiger partial charge in [-0.15, -0.1) is 0 Å². The van der Waals surface area contributed by atoms with Gasteiger partial charge in [-0.1, -0.05) is 6.07 Å². The predicted octanol–water partition coefficient (Wildman–Crippen LogP) is 0.971. The van der Waals surface area contributed by atoms with E-state index in [4.69, 9.17) is 5.73 Å². The highest BCUT2D eigenvalue weighted by atomic mass is 16.2. The molecule has 0 radical (unpaired) electrons. The van der Waals surface area contributed by atoms with E-state index < -0.39 is 6.04 Å². The third-order valence-electron chi connectivity index (χ3n) is 3.77. The van der Waals surface area contributed by atoms with E-state index in [1.807, 2.05) is 0 Å². The second-order valence-electron chi connectivity index (χ2n) is 5.93. The third-order valence-corrected chi connectivity index (χ3v) is 3.77. The fourth-order valence-corrected chi connectivity index (χ4v) is 2.36. The van der Waals surface area contributed by atoms with Crippen molar-refractivity contribution < 1.29 is 14.4 Å². The highest BCUT2D eigenvalue weighted by Crippen LogP contribution is 2.18. The Morgan fingerprint density at radius 2 is 1.82 bits per heavy atom. The summed E-state index contributed by atoms with van der Waals surface area (Å²) in [5.74, 6) is 0.0709. The van der Waals surface area contributed by atoms with Gasteiger partial charge in [-0.05, 0) is 37.5 Å². The highest BCUT2D eigenvalue weighted by Gasteiger charge is 2.13. The number of hydrogen-bond acceptors (Lipinski definition) is 7. The first-order valence-electron chi connectivity index (χ1n) is 8.75.